The van der Waals surface area contributed by atoms with Gasteiger partial charge in [-0.2, -0.15) is 0 Å². The summed E-state index contributed by atoms with van der Waals surface area (Å²) >= 11 is 0. The lowest BCUT2D eigenvalue weighted by atomic mass is 9.97. The minimum atomic E-state index is -0.490. The number of carbonyl (C=O) groups excluding carboxylic acids is 1. The Kier molecular flexibility index (Phi) is 3.88. The molecule has 16 heavy (non-hydrogen) atoms. The van der Waals surface area contributed by atoms with Crippen molar-refractivity contribution in [2.75, 3.05) is 0 Å². The second-order valence-electron chi connectivity index (χ2n) is 4.72. The van der Waals surface area contributed by atoms with Crippen molar-refractivity contribution in [2.24, 2.45) is 5.41 Å². The third-order valence-electron chi connectivity index (χ3n) is 2.19. The van der Waals surface area contributed by atoms with Crippen LogP contribution in [0.15, 0.2) is 43.0 Å². The average molecular weight is 218 g/mol. The number of ether oxygens (including phenoxy) is 1. The molecule has 0 amide bonds. The molecule has 0 radical (unpaired) electrons. The Labute approximate surface area is 96.9 Å². The monoisotopic (exact) mass is 218 g/mol. The van der Waals surface area contributed by atoms with Gasteiger partial charge in [0, 0.05) is 0 Å². The van der Waals surface area contributed by atoms with Crippen molar-refractivity contribution in [1.82, 2.24) is 0 Å². The topological polar surface area (TPSA) is 26.3 Å². The van der Waals surface area contributed by atoms with Crippen molar-refractivity contribution in [3.8, 4) is 0 Å². The molecule has 0 bridgehead atoms. The van der Waals surface area contributed by atoms with Crippen LogP contribution in [-0.2, 0) is 9.53 Å². The van der Waals surface area contributed by atoms with Gasteiger partial charge in [0.15, 0.2) is 0 Å². The Bertz CT molecular complexity index is 360. The van der Waals surface area contributed by atoms with Crippen LogP contribution < -0.4 is 0 Å². The third-order valence-corrected chi connectivity index (χ3v) is 2.19. The highest BCUT2D eigenvalue weighted by Crippen LogP contribution is 2.23. The molecular weight excluding hydrogens is 200 g/mol. The minimum Gasteiger partial charge on any atom is -0.453 e. The molecule has 0 fully saturated rings. The first-order valence-corrected chi connectivity index (χ1v) is 5.33. The smallest absolute Gasteiger partial charge is 0.312 e. The van der Waals surface area contributed by atoms with Crippen molar-refractivity contribution in [1.29, 1.82) is 0 Å². The van der Waals surface area contributed by atoms with Crippen molar-refractivity contribution >= 4 is 5.97 Å². The van der Waals surface area contributed by atoms with Gasteiger partial charge >= 0.3 is 5.97 Å². The zero-order valence-electron chi connectivity index (χ0n) is 10.1. The summed E-state index contributed by atoms with van der Waals surface area (Å²) in [6, 6.07) is 9.59. The van der Waals surface area contributed by atoms with Crippen LogP contribution in [0.1, 0.15) is 32.4 Å². The number of rotatable bonds is 3. The molecule has 0 aliphatic carbocycles. The fourth-order valence-electron chi connectivity index (χ4n) is 1.19. The zero-order valence-corrected chi connectivity index (χ0v) is 10.1. The molecule has 0 unspecified atom stereocenters. The van der Waals surface area contributed by atoms with E-state index in [0.29, 0.717) is 0 Å². The van der Waals surface area contributed by atoms with Crippen LogP contribution >= 0.6 is 0 Å². The first kappa shape index (κ1) is 12.5. The molecule has 1 rings (SSSR count). The van der Waals surface area contributed by atoms with Crippen LogP contribution in [0.3, 0.4) is 0 Å². The van der Waals surface area contributed by atoms with E-state index < -0.39 is 5.41 Å². The Balaban J connectivity index is 2.79. The van der Waals surface area contributed by atoms with Gasteiger partial charge in [0.1, 0.15) is 6.10 Å². The van der Waals surface area contributed by atoms with Crippen molar-refractivity contribution in [2.45, 2.75) is 26.9 Å². The Hall–Kier alpha value is -1.57. The summed E-state index contributed by atoms with van der Waals surface area (Å²) in [7, 11) is 0. The normalized spacial score (nSPS) is 12.9. The Morgan fingerprint density at radius 2 is 1.88 bits per heavy atom. The molecule has 1 aromatic rings. The highest BCUT2D eigenvalue weighted by Gasteiger charge is 2.25. The van der Waals surface area contributed by atoms with Crippen LogP contribution in [0.25, 0.3) is 0 Å². The minimum absolute atomic E-state index is 0.221. The highest BCUT2D eigenvalue weighted by atomic mass is 16.5. The van der Waals surface area contributed by atoms with Gasteiger partial charge in [0.2, 0.25) is 0 Å². The molecule has 0 aliphatic heterocycles. The largest absolute Gasteiger partial charge is 0.453 e. The molecule has 0 N–H and O–H groups in total. The zero-order chi connectivity index (χ0) is 12.2. The molecule has 86 valence electrons. The number of hydrogen-bond acceptors (Lipinski definition) is 2. The van der Waals surface area contributed by atoms with Gasteiger partial charge in [-0.05, 0) is 32.4 Å². The van der Waals surface area contributed by atoms with E-state index in [1.807, 2.05) is 51.1 Å². The second kappa shape index (κ2) is 4.97. The SMILES string of the molecule is C=C[C@@H](OC(=O)C(C)(C)C)c1ccccc1. The molecule has 1 aromatic carbocycles. The number of benzene rings is 1. The molecule has 0 saturated heterocycles. The van der Waals surface area contributed by atoms with Gasteiger partial charge in [0.25, 0.3) is 0 Å². The van der Waals surface area contributed by atoms with E-state index in [1.165, 1.54) is 0 Å². The van der Waals surface area contributed by atoms with Crippen molar-refractivity contribution in [3.63, 3.8) is 0 Å². The number of hydrogen-bond donors (Lipinski definition) is 0. The van der Waals surface area contributed by atoms with Crippen LogP contribution in [-0.4, -0.2) is 5.97 Å². The Morgan fingerprint density at radius 1 is 1.31 bits per heavy atom. The van der Waals surface area contributed by atoms with Crippen molar-refractivity contribution < 1.29 is 9.53 Å². The van der Waals surface area contributed by atoms with Crippen LogP contribution in [0, 0.1) is 5.41 Å². The summed E-state index contributed by atoms with van der Waals surface area (Å²) in [6.45, 7) is 9.20. The van der Waals surface area contributed by atoms with Crippen LogP contribution in [0.2, 0.25) is 0 Å². The van der Waals surface area contributed by atoms with Crippen LogP contribution in [0.4, 0.5) is 0 Å². The maximum absolute atomic E-state index is 11.7. The molecule has 0 saturated carbocycles. The second-order valence-corrected chi connectivity index (χ2v) is 4.72. The fourth-order valence-corrected chi connectivity index (χ4v) is 1.19. The lowest BCUT2D eigenvalue weighted by Gasteiger charge is -2.21. The van der Waals surface area contributed by atoms with E-state index in [0.717, 1.165) is 5.56 Å². The lowest BCUT2D eigenvalue weighted by Crippen LogP contribution is -2.24. The van der Waals surface area contributed by atoms with E-state index in [1.54, 1.807) is 6.08 Å². The summed E-state index contributed by atoms with van der Waals surface area (Å²) in [4.78, 5) is 11.7. The molecule has 0 aliphatic rings. The van der Waals surface area contributed by atoms with Crippen molar-refractivity contribution in [3.05, 3.63) is 48.6 Å². The predicted octanol–water partition coefficient (Wildman–Crippen LogP) is 3.50. The standard InChI is InChI=1S/C14H18O2/c1-5-12(11-9-7-6-8-10-11)16-13(15)14(2,3)4/h5-10,12H,1H2,2-4H3/t12-/m1/s1. The van der Waals surface area contributed by atoms with Gasteiger partial charge in [-0.25, -0.2) is 0 Å². The Morgan fingerprint density at radius 3 is 2.31 bits per heavy atom. The summed E-state index contributed by atoms with van der Waals surface area (Å²) in [5.41, 5.74) is 0.450. The molecular formula is C14H18O2. The van der Waals surface area contributed by atoms with E-state index in [9.17, 15) is 4.79 Å². The maximum atomic E-state index is 11.7. The van der Waals surface area contributed by atoms with Gasteiger partial charge in [-0.3, -0.25) is 4.79 Å². The summed E-state index contributed by atoms with van der Waals surface area (Å²) in [5, 5.41) is 0. The molecule has 0 aromatic heterocycles. The first-order valence-electron chi connectivity index (χ1n) is 5.33. The molecule has 2 heteroatoms. The van der Waals surface area contributed by atoms with Gasteiger partial charge in [-0.1, -0.05) is 36.9 Å². The van der Waals surface area contributed by atoms with E-state index in [4.69, 9.17) is 4.74 Å². The highest BCUT2D eigenvalue weighted by molar-refractivity contribution is 5.75. The third kappa shape index (κ3) is 3.23. The molecule has 0 heterocycles. The van der Waals surface area contributed by atoms with Gasteiger partial charge < -0.3 is 4.74 Å². The summed E-state index contributed by atoms with van der Waals surface area (Å²) in [5.74, 6) is -0.221. The first-order chi connectivity index (χ1) is 7.45. The van der Waals surface area contributed by atoms with Gasteiger partial charge in [0.05, 0.1) is 5.41 Å². The molecule has 1 atom stereocenters. The predicted molar refractivity (Wildman–Crippen MR) is 64.9 cm³/mol. The maximum Gasteiger partial charge on any atom is 0.312 e. The van der Waals surface area contributed by atoms with E-state index >= 15 is 0 Å². The number of carbonyl (C=O) groups is 1. The fraction of sp³-hybridized carbons (Fsp3) is 0.357. The summed E-state index contributed by atoms with van der Waals surface area (Å²) in [6.07, 6.45) is 1.27. The molecule has 0 spiro atoms. The van der Waals surface area contributed by atoms with E-state index in [2.05, 4.69) is 6.58 Å². The van der Waals surface area contributed by atoms with Gasteiger partial charge in [-0.15, -0.1) is 0 Å². The molecule has 2 nitrogen and oxygen atoms in total. The quantitative estimate of drug-likeness (QED) is 0.573. The van der Waals surface area contributed by atoms with Crippen LogP contribution in [0.5, 0.6) is 0 Å². The average Bonchev–Trinajstić information content (AvgIpc) is 2.25. The lowest BCUT2D eigenvalue weighted by molar-refractivity contribution is -0.156. The summed E-state index contributed by atoms with van der Waals surface area (Å²) < 4.78 is 5.39. The number of esters is 1. The van der Waals surface area contributed by atoms with E-state index in [-0.39, 0.29) is 12.1 Å².